The van der Waals surface area contributed by atoms with Gasteiger partial charge in [-0.1, -0.05) is 0 Å². The van der Waals surface area contributed by atoms with Crippen molar-refractivity contribution in [1.29, 1.82) is 0 Å². The lowest BCUT2D eigenvalue weighted by Gasteiger charge is -2.39. The molecule has 4 fully saturated rings. The quantitative estimate of drug-likeness (QED) is 0.562. The molecular formula is C11H15FO. The van der Waals surface area contributed by atoms with E-state index in [9.17, 15) is 9.18 Å². The molecule has 0 aromatic heterocycles. The second-order valence-corrected chi connectivity index (χ2v) is 5.23. The zero-order chi connectivity index (χ0) is 9.05. The summed E-state index contributed by atoms with van der Waals surface area (Å²) in [6.07, 6.45) is 4.80. The maximum absolute atomic E-state index is 14.2. The molecule has 0 aliphatic heterocycles. The van der Waals surface area contributed by atoms with Crippen LogP contribution in [-0.4, -0.2) is 11.5 Å². The Morgan fingerprint density at radius 1 is 1.23 bits per heavy atom. The van der Waals surface area contributed by atoms with Crippen LogP contribution in [-0.2, 0) is 4.79 Å². The van der Waals surface area contributed by atoms with E-state index >= 15 is 0 Å². The maximum Gasteiger partial charge on any atom is 0.139 e. The van der Waals surface area contributed by atoms with Crippen LogP contribution in [0.5, 0.6) is 0 Å². The van der Waals surface area contributed by atoms with Gasteiger partial charge in [-0.3, -0.25) is 4.79 Å². The Morgan fingerprint density at radius 2 is 1.85 bits per heavy atom. The van der Waals surface area contributed by atoms with E-state index in [0.29, 0.717) is 24.5 Å². The van der Waals surface area contributed by atoms with Gasteiger partial charge in [0.25, 0.3) is 0 Å². The van der Waals surface area contributed by atoms with Crippen LogP contribution in [0.25, 0.3) is 0 Å². The Labute approximate surface area is 77.7 Å². The first-order valence-electron chi connectivity index (χ1n) is 5.39. The summed E-state index contributed by atoms with van der Waals surface area (Å²) in [5.41, 5.74) is -0.964. The van der Waals surface area contributed by atoms with E-state index < -0.39 is 5.67 Å². The molecule has 0 aromatic carbocycles. The minimum atomic E-state index is -0.964. The van der Waals surface area contributed by atoms with Crippen molar-refractivity contribution in [3.8, 4) is 0 Å². The summed E-state index contributed by atoms with van der Waals surface area (Å²) in [4.78, 5) is 11.7. The largest absolute Gasteiger partial charge is 0.299 e. The lowest BCUT2D eigenvalue weighted by atomic mass is 9.66. The highest BCUT2D eigenvalue weighted by Crippen LogP contribution is 2.52. The Kier molecular flexibility index (Phi) is 1.43. The van der Waals surface area contributed by atoms with E-state index in [1.165, 1.54) is 0 Å². The first-order chi connectivity index (χ1) is 6.16. The number of rotatable bonds is 0. The number of halogens is 1. The van der Waals surface area contributed by atoms with Crippen molar-refractivity contribution in [2.45, 2.75) is 44.2 Å². The molecule has 0 amide bonds. The van der Waals surface area contributed by atoms with Gasteiger partial charge in [0.2, 0.25) is 0 Å². The highest BCUT2D eigenvalue weighted by molar-refractivity contribution is 5.85. The topological polar surface area (TPSA) is 17.1 Å². The Hall–Kier alpha value is -0.400. The molecule has 2 atom stereocenters. The van der Waals surface area contributed by atoms with Crippen LogP contribution >= 0.6 is 0 Å². The molecule has 0 N–H and O–H groups in total. The number of hydrogen-bond donors (Lipinski definition) is 0. The third kappa shape index (κ3) is 1.07. The summed E-state index contributed by atoms with van der Waals surface area (Å²) < 4.78 is 14.2. The summed E-state index contributed by atoms with van der Waals surface area (Å²) in [5, 5.41) is 0. The Morgan fingerprint density at radius 3 is 2.46 bits per heavy atom. The molecule has 4 saturated carbocycles. The molecule has 4 aliphatic rings. The van der Waals surface area contributed by atoms with Crippen LogP contribution in [0.1, 0.15) is 38.5 Å². The summed E-state index contributed by atoms with van der Waals surface area (Å²) >= 11 is 0. The van der Waals surface area contributed by atoms with Crippen molar-refractivity contribution in [2.24, 2.45) is 17.8 Å². The highest BCUT2D eigenvalue weighted by Gasteiger charge is 2.52. The average Bonchev–Trinajstić information content (AvgIpc) is 2.26. The summed E-state index contributed by atoms with van der Waals surface area (Å²) in [7, 11) is 0. The Bertz CT molecular complexity index is 243. The molecular weight excluding hydrogens is 167 g/mol. The molecule has 2 heteroatoms. The van der Waals surface area contributed by atoms with Gasteiger partial charge in [0, 0.05) is 11.8 Å². The van der Waals surface area contributed by atoms with Gasteiger partial charge in [0.1, 0.15) is 11.5 Å². The van der Waals surface area contributed by atoms with Gasteiger partial charge in [0.05, 0.1) is 0 Å². The van der Waals surface area contributed by atoms with Crippen molar-refractivity contribution in [2.75, 3.05) is 0 Å². The fraction of sp³-hybridized carbons (Fsp3) is 0.909. The first-order valence-corrected chi connectivity index (χ1v) is 5.39. The molecule has 13 heavy (non-hydrogen) atoms. The zero-order valence-electron chi connectivity index (χ0n) is 7.76. The second-order valence-electron chi connectivity index (χ2n) is 5.23. The SMILES string of the molecule is O=C1C2CC3CCC(F)(C2)CC1C3. The number of alkyl halides is 1. The molecule has 0 saturated heterocycles. The fourth-order valence-electron chi connectivity index (χ4n) is 3.70. The molecule has 4 bridgehead atoms. The van der Waals surface area contributed by atoms with Crippen molar-refractivity contribution >= 4 is 5.78 Å². The average molecular weight is 182 g/mol. The fourth-order valence-corrected chi connectivity index (χ4v) is 3.70. The van der Waals surface area contributed by atoms with Crippen LogP contribution in [0.15, 0.2) is 0 Å². The van der Waals surface area contributed by atoms with Gasteiger partial charge in [-0.2, -0.15) is 0 Å². The van der Waals surface area contributed by atoms with Gasteiger partial charge < -0.3 is 0 Å². The molecule has 0 heterocycles. The van der Waals surface area contributed by atoms with Gasteiger partial charge >= 0.3 is 0 Å². The van der Waals surface area contributed by atoms with Gasteiger partial charge in [-0.15, -0.1) is 0 Å². The van der Waals surface area contributed by atoms with E-state index in [2.05, 4.69) is 0 Å². The molecule has 1 nitrogen and oxygen atoms in total. The highest BCUT2D eigenvalue weighted by atomic mass is 19.1. The lowest BCUT2D eigenvalue weighted by molar-refractivity contribution is -0.137. The van der Waals surface area contributed by atoms with Crippen LogP contribution in [0.4, 0.5) is 4.39 Å². The summed E-state index contributed by atoms with van der Waals surface area (Å²) in [6, 6.07) is 0. The van der Waals surface area contributed by atoms with E-state index in [0.717, 1.165) is 25.7 Å². The predicted molar refractivity (Wildman–Crippen MR) is 47.0 cm³/mol. The number of carbonyl (C=O) groups is 1. The third-order valence-corrected chi connectivity index (χ3v) is 4.27. The standard InChI is InChI=1S/C11H15FO/c12-11-2-1-7-3-8(5-11)10(13)9(4-7)6-11/h7-9H,1-6H2. The smallest absolute Gasteiger partial charge is 0.139 e. The van der Waals surface area contributed by atoms with Gasteiger partial charge in [0.15, 0.2) is 0 Å². The van der Waals surface area contributed by atoms with Crippen molar-refractivity contribution in [3.63, 3.8) is 0 Å². The van der Waals surface area contributed by atoms with E-state index in [1.54, 1.807) is 0 Å². The minimum Gasteiger partial charge on any atom is -0.299 e. The molecule has 4 rings (SSSR count). The van der Waals surface area contributed by atoms with Crippen LogP contribution in [0.2, 0.25) is 0 Å². The molecule has 0 aromatic rings. The van der Waals surface area contributed by atoms with E-state index in [-0.39, 0.29) is 11.8 Å². The van der Waals surface area contributed by atoms with E-state index in [4.69, 9.17) is 0 Å². The first kappa shape index (κ1) is 7.95. The number of Topliss-reactive ketones (excluding diaryl/α,β-unsaturated/α-hetero) is 1. The summed E-state index contributed by atoms with van der Waals surface area (Å²) in [6.45, 7) is 0. The molecule has 0 radical (unpaired) electrons. The van der Waals surface area contributed by atoms with Crippen molar-refractivity contribution in [1.82, 2.24) is 0 Å². The zero-order valence-corrected chi connectivity index (χ0v) is 7.76. The number of ketones is 1. The molecule has 2 unspecified atom stereocenters. The van der Waals surface area contributed by atoms with Crippen LogP contribution < -0.4 is 0 Å². The van der Waals surface area contributed by atoms with Crippen molar-refractivity contribution < 1.29 is 9.18 Å². The van der Waals surface area contributed by atoms with E-state index in [1.807, 2.05) is 0 Å². The number of fused-ring (bicyclic) bond motifs is 1. The third-order valence-electron chi connectivity index (χ3n) is 4.27. The molecule has 72 valence electrons. The predicted octanol–water partition coefficient (Wildman–Crippen LogP) is 2.49. The van der Waals surface area contributed by atoms with Crippen LogP contribution in [0.3, 0.4) is 0 Å². The monoisotopic (exact) mass is 182 g/mol. The molecule has 0 spiro atoms. The number of hydrogen-bond acceptors (Lipinski definition) is 1. The van der Waals surface area contributed by atoms with Gasteiger partial charge in [-0.05, 0) is 44.4 Å². The minimum absolute atomic E-state index is 0.0880. The molecule has 4 aliphatic carbocycles. The van der Waals surface area contributed by atoms with Crippen LogP contribution in [0, 0.1) is 17.8 Å². The number of carbonyl (C=O) groups excluding carboxylic acids is 1. The van der Waals surface area contributed by atoms with Gasteiger partial charge in [-0.25, -0.2) is 4.39 Å². The normalized spacial score (nSPS) is 53.9. The maximum atomic E-state index is 14.2. The van der Waals surface area contributed by atoms with Crippen molar-refractivity contribution in [3.05, 3.63) is 0 Å². The summed E-state index contributed by atoms with van der Waals surface area (Å²) in [5.74, 6) is 1.22. The lowest BCUT2D eigenvalue weighted by Crippen LogP contribution is -2.43. The Balaban J connectivity index is 2.00. The second kappa shape index (κ2) is 2.34.